The van der Waals surface area contributed by atoms with Gasteiger partial charge >= 0.3 is 0 Å². The van der Waals surface area contributed by atoms with Crippen molar-refractivity contribution in [3.05, 3.63) is 53.6 Å². The molecule has 4 heteroatoms. The van der Waals surface area contributed by atoms with Crippen LogP contribution in [-0.4, -0.2) is 24.9 Å². The Hall–Kier alpha value is -2.36. The third-order valence-electron chi connectivity index (χ3n) is 3.02. The van der Waals surface area contributed by atoms with Gasteiger partial charge in [-0.3, -0.25) is 9.59 Å². The lowest BCUT2D eigenvalue weighted by Crippen LogP contribution is -2.25. The molecular formula is C18H24N2O2. The Kier molecular flexibility index (Phi) is 8.35. The van der Waals surface area contributed by atoms with E-state index in [9.17, 15) is 9.59 Å². The van der Waals surface area contributed by atoms with Crippen LogP contribution in [0.2, 0.25) is 0 Å². The van der Waals surface area contributed by atoms with Gasteiger partial charge in [0.25, 0.3) is 0 Å². The fourth-order valence-electron chi connectivity index (χ4n) is 1.79. The molecule has 2 N–H and O–H groups in total. The van der Waals surface area contributed by atoms with Crippen LogP contribution in [0, 0.1) is 6.92 Å². The van der Waals surface area contributed by atoms with Crippen LogP contribution in [0.15, 0.2) is 42.5 Å². The van der Waals surface area contributed by atoms with Crippen molar-refractivity contribution in [3.63, 3.8) is 0 Å². The van der Waals surface area contributed by atoms with Crippen molar-refractivity contribution in [1.82, 2.24) is 10.6 Å². The quantitative estimate of drug-likeness (QED) is 0.573. The van der Waals surface area contributed by atoms with Crippen molar-refractivity contribution in [3.8, 4) is 0 Å². The van der Waals surface area contributed by atoms with E-state index in [1.54, 1.807) is 25.2 Å². The van der Waals surface area contributed by atoms with E-state index in [4.69, 9.17) is 0 Å². The highest BCUT2D eigenvalue weighted by Crippen LogP contribution is 2.04. The zero-order valence-corrected chi connectivity index (χ0v) is 13.3. The molecule has 0 fully saturated rings. The number of aryl methyl sites for hydroxylation is 1. The van der Waals surface area contributed by atoms with Crippen LogP contribution in [0.1, 0.15) is 30.9 Å². The van der Waals surface area contributed by atoms with E-state index < -0.39 is 0 Å². The van der Waals surface area contributed by atoms with Crippen LogP contribution >= 0.6 is 0 Å². The van der Waals surface area contributed by atoms with Crippen molar-refractivity contribution in [2.24, 2.45) is 0 Å². The predicted molar refractivity (Wildman–Crippen MR) is 90.3 cm³/mol. The highest BCUT2D eigenvalue weighted by atomic mass is 16.2. The van der Waals surface area contributed by atoms with E-state index in [1.165, 1.54) is 11.6 Å². The molecule has 0 saturated carbocycles. The summed E-state index contributed by atoms with van der Waals surface area (Å²) in [7, 11) is 0. The molecule has 0 aliphatic carbocycles. The summed E-state index contributed by atoms with van der Waals surface area (Å²) in [5.41, 5.74) is 2.20. The molecule has 2 amide bonds. The lowest BCUT2D eigenvalue weighted by atomic mass is 10.1. The molecule has 0 radical (unpaired) electrons. The number of amides is 2. The molecule has 0 spiro atoms. The van der Waals surface area contributed by atoms with Crippen LogP contribution in [0.3, 0.4) is 0 Å². The van der Waals surface area contributed by atoms with Gasteiger partial charge in [0.15, 0.2) is 0 Å². The van der Waals surface area contributed by atoms with Gasteiger partial charge in [0.05, 0.1) is 0 Å². The fraction of sp³-hybridized carbons (Fsp3) is 0.333. The second kappa shape index (κ2) is 10.4. The minimum Gasteiger partial charge on any atom is -0.353 e. The highest BCUT2D eigenvalue weighted by molar-refractivity contribution is 5.91. The maximum atomic E-state index is 11.6. The molecule has 4 nitrogen and oxygen atoms in total. The van der Waals surface area contributed by atoms with Crippen LogP contribution in [0.5, 0.6) is 0 Å². The lowest BCUT2D eigenvalue weighted by Gasteiger charge is -2.03. The Morgan fingerprint density at radius 1 is 0.955 bits per heavy atom. The molecule has 0 aliphatic heterocycles. The lowest BCUT2D eigenvalue weighted by molar-refractivity contribution is -0.117. The summed E-state index contributed by atoms with van der Waals surface area (Å²) in [6.07, 6.45) is 8.21. The Labute approximate surface area is 132 Å². The smallest absolute Gasteiger partial charge is 0.243 e. The van der Waals surface area contributed by atoms with Gasteiger partial charge in [-0.1, -0.05) is 35.9 Å². The molecule has 0 unspecified atom stereocenters. The first-order valence-corrected chi connectivity index (χ1v) is 7.55. The van der Waals surface area contributed by atoms with Gasteiger partial charge in [-0.2, -0.15) is 0 Å². The van der Waals surface area contributed by atoms with Crippen LogP contribution in [-0.2, 0) is 9.59 Å². The summed E-state index contributed by atoms with van der Waals surface area (Å²) in [4.78, 5) is 22.8. The second-order valence-corrected chi connectivity index (χ2v) is 5.03. The monoisotopic (exact) mass is 300 g/mol. The maximum Gasteiger partial charge on any atom is 0.243 e. The molecule has 118 valence electrons. The number of nitrogens with one attached hydrogen (secondary N) is 2. The molecule has 0 aromatic heterocycles. The summed E-state index contributed by atoms with van der Waals surface area (Å²) < 4.78 is 0. The molecule has 1 aromatic rings. The van der Waals surface area contributed by atoms with E-state index >= 15 is 0 Å². The van der Waals surface area contributed by atoms with Gasteiger partial charge in [0, 0.05) is 19.2 Å². The second-order valence-electron chi connectivity index (χ2n) is 5.03. The van der Waals surface area contributed by atoms with Gasteiger partial charge in [-0.25, -0.2) is 0 Å². The van der Waals surface area contributed by atoms with Crippen molar-refractivity contribution in [1.29, 1.82) is 0 Å². The number of hydrogen-bond acceptors (Lipinski definition) is 2. The van der Waals surface area contributed by atoms with Gasteiger partial charge < -0.3 is 10.6 Å². The normalized spacial score (nSPS) is 11.0. The first kappa shape index (κ1) is 17.7. The third kappa shape index (κ3) is 8.04. The minimum absolute atomic E-state index is 0.0763. The topological polar surface area (TPSA) is 58.2 Å². The molecule has 0 saturated heterocycles. The van der Waals surface area contributed by atoms with Gasteiger partial charge in [0.1, 0.15) is 0 Å². The first-order chi connectivity index (χ1) is 10.6. The fourth-order valence-corrected chi connectivity index (χ4v) is 1.79. The molecule has 0 bridgehead atoms. The Morgan fingerprint density at radius 3 is 2.05 bits per heavy atom. The largest absolute Gasteiger partial charge is 0.353 e. The average Bonchev–Trinajstić information content (AvgIpc) is 2.50. The standard InChI is InChI=1S/C18H24N2O2/c1-3-6-17(21)19-13-4-5-14-20-18(22)12-11-16-9-7-15(2)8-10-16/h3,6-12H,4-5,13-14H2,1-2H3,(H,19,21)(H,20,22)/b6-3+,12-11+. The Morgan fingerprint density at radius 2 is 1.50 bits per heavy atom. The minimum atomic E-state index is -0.0986. The van der Waals surface area contributed by atoms with Crippen molar-refractivity contribution in [2.75, 3.05) is 13.1 Å². The zero-order valence-electron chi connectivity index (χ0n) is 13.3. The number of allylic oxidation sites excluding steroid dienone is 1. The number of unbranched alkanes of at least 4 members (excludes halogenated alkanes) is 1. The zero-order chi connectivity index (χ0) is 16.2. The summed E-state index contributed by atoms with van der Waals surface area (Å²) in [5, 5.41) is 5.60. The van der Waals surface area contributed by atoms with E-state index in [0.717, 1.165) is 18.4 Å². The van der Waals surface area contributed by atoms with Crippen LogP contribution in [0.4, 0.5) is 0 Å². The third-order valence-corrected chi connectivity index (χ3v) is 3.02. The summed E-state index contributed by atoms with van der Waals surface area (Å²) >= 11 is 0. The number of hydrogen-bond donors (Lipinski definition) is 2. The number of carbonyl (C=O) groups is 2. The van der Waals surface area contributed by atoms with E-state index in [2.05, 4.69) is 10.6 Å². The summed E-state index contributed by atoms with van der Waals surface area (Å²) in [6.45, 7) is 5.06. The van der Waals surface area contributed by atoms with E-state index in [1.807, 2.05) is 31.2 Å². The van der Waals surface area contributed by atoms with Gasteiger partial charge in [-0.15, -0.1) is 0 Å². The van der Waals surface area contributed by atoms with E-state index in [-0.39, 0.29) is 11.8 Å². The first-order valence-electron chi connectivity index (χ1n) is 7.55. The SMILES string of the molecule is C/C=C/C(=O)NCCCCNC(=O)/C=C/c1ccc(C)cc1. The van der Waals surface area contributed by atoms with E-state index in [0.29, 0.717) is 13.1 Å². The molecule has 0 atom stereocenters. The van der Waals surface area contributed by atoms with Crippen molar-refractivity contribution >= 4 is 17.9 Å². The summed E-state index contributed by atoms with van der Waals surface area (Å²) in [5.74, 6) is -0.175. The highest BCUT2D eigenvalue weighted by Gasteiger charge is 1.96. The molecule has 1 rings (SSSR count). The van der Waals surface area contributed by atoms with Crippen molar-refractivity contribution < 1.29 is 9.59 Å². The molecular weight excluding hydrogens is 276 g/mol. The Balaban J connectivity index is 2.13. The number of carbonyl (C=O) groups excluding carboxylic acids is 2. The summed E-state index contributed by atoms with van der Waals surface area (Å²) in [6, 6.07) is 7.98. The predicted octanol–water partition coefficient (Wildman–Crippen LogP) is 2.60. The number of benzene rings is 1. The average molecular weight is 300 g/mol. The van der Waals surface area contributed by atoms with Gasteiger partial charge in [0.2, 0.25) is 11.8 Å². The molecule has 0 heterocycles. The van der Waals surface area contributed by atoms with Gasteiger partial charge in [-0.05, 0) is 44.4 Å². The Bertz CT molecular complexity index is 531. The van der Waals surface area contributed by atoms with Crippen LogP contribution < -0.4 is 10.6 Å². The molecule has 22 heavy (non-hydrogen) atoms. The van der Waals surface area contributed by atoms with Crippen LogP contribution in [0.25, 0.3) is 6.08 Å². The molecule has 0 aliphatic rings. The van der Waals surface area contributed by atoms with Crippen molar-refractivity contribution in [2.45, 2.75) is 26.7 Å². The number of rotatable bonds is 8. The maximum absolute atomic E-state index is 11.6. The molecule has 1 aromatic carbocycles.